The number of morpholine rings is 1. The summed E-state index contributed by atoms with van der Waals surface area (Å²) in [5.74, 6) is 0.779. The zero-order valence-electron chi connectivity index (χ0n) is 15.2. The van der Waals surface area contributed by atoms with Crippen LogP contribution in [0, 0.1) is 0 Å². The van der Waals surface area contributed by atoms with E-state index in [1.54, 1.807) is 7.11 Å². The van der Waals surface area contributed by atoms with E-state index in [9.17, 15) is 4.79 Å². The van der Waals surface area contributed by atoms with Gasteiger partial charge in [0.25, 0.3) is 0 Å². The van der Waals surface area contributed by atoms with E-state index in [2.05, 4.69) is 34.5 Å². The van der Waals surface area contributed by atoms with Crippen molar-refractivity contribution in [3.8, 4) is 5.75 Å². The number of hydrogen-bond acceptors (Lipinski definition) is 4. The Kier molecular flexibility index (Phi) is 6.63. The third-order valence-electron chi connectivity index (χ3n) is 4.52. The predicted molar refractivity (Wildman–Crippen MR) is 101 cm³/mol. The first-order valence-electron chi connectivity index (χ1n) is 9.00. The summed E-state index contributed by atoms with van der Waals surface area (Å²) in [5.41, 5.74) is 3.34. The molecule has 2 aromatic rings. The smallest absolute Gasteiger partial charge is 0.224 e. The maximum atomic E-state index is 12.1. The molecule has 5 nitrogen and oxygen atoms in total. The lowest BCUT2D eigenvalue weighted by atomic mass is 10.1. The van der Waals surface area contributed by atoms with Crippen molar-refractivity contribution in [2.24, 2.45) is 0 Å². The second kappa shape index (κ2) is 9.36. The average molecular weight is 354 g/mol. The van der Waals surface area contributed by atoms with Gasteiger partial charge in [-0.05, 0) is 28.8 Å². The van der Waals surface area contributed by atoms with Crippen molar-refractivity contribution < 1.29 is 14.3 Å². The molecule has 1 fully saturated rings. The second-order valence-corrected chi connectivity index (χ2v) is 6.51. The quantitative estimate of drug-likeness (QED) is 0.829. The first-order valence-corrected chi connectivity index (χ1v) is 9.00. The molecule has 3 rings (SSSR count). The number of nitrogens with zero attached hydrogens (tertiary/aromatic N) is 1. The van der Waals surface area contributed by atoms with Crippen LogP contribution in [-0.4, -0.2) is 44.2 Å². The van der Waals surface area contributed by atoms with E-state index < -0.39 is 0 Å². The normalized spacial score (nSPS) is 14.8. The van der Waals surface area contributed by atoms with Crippen LogP contribution in [0.25, 0.3) is 0 Å². The Balaban J connectivity index is 1.45. The van der Waals surface area contributed by atoms with Gasteiger partial charge in [0.1, 0.15) is 5.75 Å². The molecule has 5 heteroatoms. The molecular formula is C21H26N2O3. The third kappa shape index (κ3) is 5.58. The molecule has 0 bridgehead atoms. The number of amides is 1. The Bertz CT molecular complexity index is 709. The largest absolute Gasteiger partial charge is 0.497 e. The van der Waals surface area contributed by atoms with Crippen molar-refractivity contribution >= 4 is 5.91 Å². The highest BCUT2D eigenvalue weighted by Crippen LogP contribution is 2.13. The SMILES string of the molecule is COc1cccc(CC(=O)NCc2ccc(CN3CCOCC3)cc2)c1. The van der Waals surface area contributed by atoms with Gasteiger partial charge in [-0.25, -0.2) is 0 Å². The van der Waals surface area contributed by atoms with Gasteiger partial charge >= 0.3 is 0 Å². The zero-order valence-corrected chi connectivity index (χ0v) is 15.2. The number of ether oxygens (including phenoxy) is 2. The van der Waals surface area contributed by atoms with Gasteiger partial charge in [0.15, 0.2) is 0 Å². The van der Waals surface area contributed by atoms with E-state index in [1.807, 2.05) is 24.3 Å². The minimum atomic E-state index is 0.00986. The number of nitrogens with one attached hydrogen (secondary N) is 1. The topological polar surface area (TPSA) is 50.8 Å². The predicted octanol–water partition coefficient (Wildman–Crippen LogP) is 2.39. The van der Waals surface area contributed by atoms with Crippen molar-refractivity contribution in [1.29, 1.82) is 0 Å². The minimum absolute atomic E-state index is 0.00986. The van der Waals surface area contributed by atoms with Gasteiger partial charge in [0.05, 0.1) is 26.7 Å². The summed E-state index contributed by atoms with van der Waals surface area (Å²) in [4.78, 5) is 14.5. The van der Waals surface area contributed by atoms with Crippen molar-refractivity contribution in [3.05, 3.63) is 65.2 Å². The monoisotopic (exact) mass is 354 g/mol. The van der Waals surface area contributed by atoms with Crippen LogP contribution >= 0.6 is 0 Å². The third-order valence-corrected chi connectivity index (χ3v) is 4.52. The fourth-order valence-electron chi connectivity index (χ4n) is 3.01. The fourth-order valence-corrected chi connectivity index (χ4v) is 3.01. The lowest BCUT2D eigenvalue weighted by molar-refractivity contribution is -0.120. The molecular weight excluding hydrogens is 328 g/mol. The van der Waals surface area contributed by atoms with Gasteiger partial charge in [-0.1, -0.05) is 36.4 Å². The summed E-state index contributed by atoms with van der Waals surface area (Å²) in [6.45, 7) is 5.10. The van der Waals surface area contributed by atoms with E-state index in [-0.39, 0.29) is 5.91 Å². The molecule has 0 spiro atoms. The average Bonchev–Trinajstić information content (AvgIpc) is 2.68. The van der Waals surface area contributed by atoms with Gasteiger partial charge < -0.3 is 14.8 Å². The molecule has 2 aromatic carbocycles. The molecule has 1 aliphatic heterocycles. The number of carbonyl (C=O) groups is 1. The standard InChI is InChI=1S/C21H26N2O3/c1-25-20-4-2-3-19(13-20)14-21(24)22-15-17-5-7-18(8-6-17)16-23-9-11-26-12-10-23/h2-8,13H,9-12,14-16H2,1H3,(H,22,24). The van der Waals surface area contributed by atoms with Crippen LogP contribution in [0.2, 0.25) is 0 Å². The molecule has 1 heterocycles. The van der Waals surface area contributed by atoms with Crippen LogP contribution in [0.3, 0.4) is 0 Å². The van der Waals surface area contributed by atoms with E-state index in [4.69, 9.17) is 9.47 Å². The van der Waals surface area contributed by atoms with E-state index in [0.717, 1.165) is 49.7 Å². The van der Waals surface area contributed by atoms with Crippen molar-refractivity contribution in [1.82, 2.24) is 10.2 Å². The molecule has 1 aliphatic rings. The molecule has 0 radical (unpaired) electrons. The first-order chi connectivity index (χ1) is 12.7. The molecule has 0 aromatic heterocycles. The van der Waals surface area contributed by atoms with Crippen LogP contribution in [-0.2, 0) is 29.0 Å². The lowest BCUT2D eigenvalue weighted by Crippen LogP contribution is -2.35. The second-order valence-electron chi connectivity index (χ2n) is 6.51. The Hall–Kier alpha value is -2.37. The van der Waals surface area contributed by atoms with E-state index in [1.165, 1.54) is 5.56 Å². The molecule has 138 valence electrons. The van der Waals surface area contributed by atoms with Crippen LogP contribution in [0.15, 0.2) is 48.5 Å². The fraction of sp³-hybridized carbons (Fsp3) is 0.381. The maximum absolute atomic E-state index is 12.1. The van der Waals surface area contributed by atoms with Gasteiger partial charge in [-0.2, -0.15) is 0 Å². The highest BCUT2D eigenvalue weighted by atomic mass is 16.5. The Morgan fingerprint density at radius 3 is 2.54 bits per heavy atom. The summed E-state index contributed by atoms with van der Waals surface area (Å²) < 4.78 is 10.6. The summed E-state index contributed by atoms with van der Waals surface area (Å²) >= 11 is 0. The van der Waals surface area contributed by atoms with Crippen LogP contribution < -0.4 is 10.1 Å². The number of hydrogen-bond donors (Lipinski definition) is 1. The zero-order chi connectivity index (χ0) is 18.2. The molecule has 1 saturated heterocycles. The molecule has 1 N–H and O–H groups in total. The Labute approximate surface area is 154 Å². The molecule has 0 atom stereocenters. The Morgan fingerprint density at radius 1 is 1.08 bits per heavy atom. The van der Waals surface area contributed by atoms with Crippen molar-refractivity contribution in [2.75, 3.05) is 33.4 Å². The number of benzene rings is 2. The van der Waals surface area contributed by atoms with Crippen LogP contribution in [0.4, 0.5) is 0 Å². The highest BCUT2D eigenvalue weighted by Gasteiger charge is 2.10. The van der Waals surface area contributed by atoms with Crippen molar-refractivity contribution in [2.45, 2.75) is 19.5 Å². The Morgan fingerprint density at radius 2 is 1.81 bits per heavy atom. The highest BCUT2D eigenvalue weighted by molar-refractivity contribution is 5.78. The number of methoxy groups -OCH3 is 1. The summed E-state index contributed by atoms with van der Waals surface area (Å²) in [5, 5.41) is 2.98. The van der Waals surface area contributed by atoms with Gasteiger partial charge in [0, 0.05) is 26.2 Å². The van der Waals surface area contributed by atoms with Crippen LogP contribution in [0.5, 0.6) is 5.75 Å². The first kappa shape index (κ1) is 18.4. The molecule has 1 amide bonds. The van der Waals surface area contributed by atoms with E-state index in [0.29, 0.717) is 13.0 Å². The van der Waals surface area contributed by atoms with Crippen LogP contribution in [0.1, 0.15) is 16.7 Å². The molecule has 26 heavy (non-hydrogen) atoms. The van der Waals surface area contributed by atoms with Crippen molar-refractivity contribution in [3.63, 3.8) is 0 Å². The molecule has 0 aliphatic carbocycles. The number of rotatable bonds is 7. The van der Waals surface area contributed by atoms with Gasteiger partial charge in [-0.15, -0.1) is 0 Å². The maximum Gasteiger partial charge on any atom is 0.224 e. The number of carbonyl (C=O) groups excluding carboxylic acids is 1. The van der Waals surface area contributed by atoms with Gasteiger partial charge in [0.2, 0.25) is 5.91 Å². The van der Waals surface area contributed by atoms with Gasteiger partial charge in [-0.3, -0.25) is 9.69 Å². The summed E-state index contributed by atoms with van der Waals surface area (Å²) in [7, 11) is 1.63. The summed E-state index contributed by atoms with van der Waals surface area (Å²) in [6.07, 6.45) is 0.353. The lowest BCUT2D eigenvalue weighted by Gasteiger charge is -2.26. The summed E-state index contributed by atoms with van der Waals surface area (Å²) in [6, 6.07) is 16.0. The molecule has 0 saturated carbocycles. The molecule has 0 unspecified atom stereocenters. The minimum Gasteiger partial charge on any atom is -0.497 e. The van der Waals surface area contributed by atoms with E-state index >= 15 is 0 Å².